The van der Waals surface area contributed by atoms with Crippen LogP contribution < -0.4 is 10.2 Å². The summed E-state index contributed by atoms with van der Waals surface area (Å²) in [7, 11) is 4.06. The number of hydrogen-bond donors (Lipinski definition) is 1. The first-order chi connectivity index (χ1) is 12.2. The van der Waals surface area contributed by atoms with Crippen molar-refractivity contribution in [2.24, 2.45) is 0 Å². The highest BCUT2D eigenvalue weighted by atomic mass is 15.1. The lowest BCUT2D eigenvalue weighted by Gasteiger charge is -2.14. The van der Waals surface area contributed by atoms with E-state index in [1.807, 2.05) is 38.6 Å². The topological polar surface area (TPSA) is 45.5 Å². The van der Waals surface area contributed by atoms with E-state index in [0.717, 1.165) is 35.0 Å². The molecular weight excluding hydrogens is 310 g/mol. The SMILES string of the molecule is CCCC/C=C\c1cnc2c(Nc3cccc(N(C)C)c3)nccn12. The number of unbranched alkanes of at least 4 members (excludes halogenated alkanes) is 2. The van der Waals surface area contributed by atoms with Crippen LogP contribution >= 0.6 is 0 Å². The van der Waals surface area contributed by atoms with E-state index in [1.165, 1.54) is 12.8 Å². The summed E-state index contributed by atoms with van der Waals surface area (Å²) in [5.41, 5.74) is 4.03. The third-order valence-electron chi connectivity index (χ3n) is 4.09. The second-order valence-corrected chi connectivity index (χ2v) is 6.27. The maximum Gasteiger partial charge on any atom is 0.180 e. The fourth-order valence-electron chi connectivity index (χ4n) is 2.67. The third-order valence-corrected chi connectivity index (χ3v) is 4.09. The monoisotopic (exact) mass is 335 g/mol. The van der Waals surface area contributed by atoms with Gasteiger partial charge in [0.1, 0.15) is 0 Å². The Hall–Kier alpha value is -2.82. The van der Waals surface area contributed by atoms with E-state index >= 15 is 0 Å². The second-order valence-electron chi connectivity index (χ2n) is 6.27. The van der Waals surface area contributed by atoms with Crippen molar-refractivity contribution in [1.82, 2.24) is 14.4 Å². The summed E-state index contributed by atoms with van der Waals surface area (Å²) in [6, 6.07) is 8.24. The molecule has 5 nitrogen and oxygen atoms in total. The Morgan fingerprint density at radius 1 is 1.24 bits per heavy atom. The molecule has 0 bridgehead atoms. The molecule has 130 valence electrons. The van der Waals surface area contributed by atoms with Crippen LogP contribution in [-0.2, 0) is 0 Å². The summed E-state index contributed by atoms with van der Waals surface area (Å²) < 4.78 is 2.06. The first-order valence-corrected chi connectivity index (χ1v) is 8.72. The number of hydrogen-bond acceptors (Lipinski definition) is 4. The minimum absolute atomic E-state index is 0.756. The van der Waals surface area contributed by atoms with Crippen molar-refractivity contribution >= 4 is 28.9 Å². The molecule has 0 amide bonds. The highest BCUT2D eigenvalue weighted by Crippen LogP contribution is 2.23. The van der Waals surface area contributed by atoms with Gasteiger partial charge in [-0.05, 0) is 30.7 Å². The van der Waals surface area contributed by atoms with Crippen molar-refractivity contribution in [3.05, 3.63) is 54.6 Å². The van der Waals surface area contributed by atoms with Crippen molar-refractivity contribution in [1.29, 1.82) is 0 Å². The zero-order valence-electron chi connectivity index (χ0n) is 15.1. The van der Waals surface area contributed by atoms with Gasteiger partial charge in [-0.2, -0.15) is 0 Å². The molecule has 0 aliphatic heterocycles. The van der Waals surface area contributed by atoms with Gasteiger partial charge in [0.2, 0.25) is 0 Å². The molecule has 0 spiro atoms. The van der Waals surface area contributed by atoms with Crippen LogP contribution in [0.25, 0.3) is 11.7 Å². The van der Waals surface area contributed by atoms with Crippen LogP contribution in [0.2, 0.25) is 0 Å². The fourth-order valence-corrected chi connectivity index (χ4v) is 2.67. The molecule has 0 fully saturated rings. The fraction of sp³-hybridized carbons (Fsp3) is 0.300. The van der Waals surface area contributed by atoms with Crippen molar-refractivity contribution in [2.75, 3.05) is 24.3 Å². The number of fused-ring (bicyclic) bond motifs is 1. The highest BCUT2D eigenvalue weighted by Gasteiger charge is 2.08. The lowest BCUT2D eigenvalue weighted by molar-refractivity contribution is 0.816. The quantitative estimate of drug-likeness (QED) is 0.633. The van der Waals surface area contributed by atoms with Gasteiger partial charge in [0, 0.05) is 37.9 Å². The number of anilines is 3. The Kier molecular flexibility index (Phi) is 5.33. The molecule has 0 unspecified atom stereocenters. The molecule has 3 rings (SSSR count). The molecule has 0 radical (unpaired) electrons. The smallest absolute Gasteiger partial charge is 0.180 e. The Morgan fingerprint density at radius 2 is 2.12 bits per heavy atom. The number of nitrogens with one attached hydrogen (secondary N) is 1. The average molecular weight is 335 g/mol. The molecule has 1 N–H and O–H groups in total. The molecule has 0 atom stereocenters. The van der Waals surface area contributed by atoms with Crippen LogP contribution in [0.1, 0.15) is 31.9 Å². The Bertz CT molecular complexity index is 863. The molecule has 1 aromatic carbocycles. The normalized spacial score (nSPS) is 11.3. The lowest BCUT2D eigenvalue weighted by Crippen LogP contribution is -2.08. The average Bonchev–Trinajstić information content (AvgIpc) is 3.03. The lowest BCUT2D eigenvalue weighted by atomic mass is 10.2. The van der Waals surface area contributed by atoms with E-state index in [4.69, 9.17) is 0 Å². The summed E-state index contributed by atoms with van der Waals surface area (Å²) in [4.78, 5) is 11.1. The van der Waals surface area contributed by atoms with Crippen LogP contribution in [0.3, 0.4) is 0 Å². The first kappa shape index (κ1) is 17.0. The van der Waals surface area contributed by atoms with Crippen molar-refractivity contribution in [2.45, 2.75) is 26.2 Å². The summed E-state index contributed by atoms with van der Waals surface area (Å²) >= 11 is 0. The first-order valence-electron chi connectivity index (χ1n) is 8.72. The van der Waals surface area contributed by atoms with E-state index in [1.54, 1.807) is 6.20 Å². The van der Waals surface area contributed by atoms with Crippen LogP contribution in [0.4, 0.5) is 17.2 Å². The molecule has 5 heteroatoms. The van der Waals surface area contributed by atoms with Crippen molar-refractivity contribution in [3.63, 3.8) is 0 Å². The predicted molar refractivity (Wildman–Crippen MR) is 106 cm³/mol. The number of imidazole rings is 1. The van der Waals surface area contributed by atoms with Gasteiger partial charge in [-0.3, -0.25) is 4.40 Å². The molecule has 0 saturated heterocycles. The Balaban J connectivity index is 1.86. The number of rotatable bonds is 7. The van der Waals surface area contributed by atoms with Crippen LogP contribution in [0.5, 0.6) is 0 Å². The molecule has 0 saturated carbocycles. The highest BCUT2D eigenvalue weighted by molar-refractivity contribution is 5.73. The van der Waals surface area contributed by atoms with Crippen LogP contribution in [-0.4, -0.2) is 28.5 Å². The molecular formula is C20H25N5. The maximum absolute atomic E-state index is 4.55. The molecule has 2 aromatic heterocycles. The van der Waals surface area contributed by atoms with Crippen molar-refractivity contribution < 1.29 is 0 Å². The zero-order chi connectivity index (χ0) is 17.6. The van der Waals surface area contributed by atoms with Crippen LogP contribution in [0.15, 0.2) is 48.9 Å². The Labute approximate surface area is 149 Å². The van der Waals surface area contributed by atoms with Gasteiger partial charge in [-0.15, -0.1) is 0 Å². The maximum atomic E-state index is 4.55. The number of aromatic nitrogens is 3. The number of allylic oxidation sites excluding steroid dienone is 1. The predicted octanol–water partition coefficient (Wildman–Crippen LogP) is 4.74. The number of nitrogens with zero attached hydrogens (tertiary/aromatic N) is 4. The summed E-state index contributed by atoms with van der Waals surface area (Å²) in [6.45, 7) is 2.21. The molecule has 0 aliphatic carbocycles. The molecule has 0 aliphatic rings. The van der Waals surface area contributed by atoms with Gasteiger partial charge >= 0.3 is 0 Å². The van der Waals surface area contributed by atoms with Gasteiger partial charge < -0.3 is 10.2 Å². The third kappa shape index (κ3) is 3.99. The van der Waals surface area contributed by atoms with Gasteiger partial charge in [0.15, 0.2) is 11.5 Å². The minimum atomic E-state index is 0.756. The van der Waals surface area contributed by atoms with E-state index < -0.39 is 0 Å². The largest absolute Gasteiger partial charge is 0.378 e. The molecule has 3 aromatic rings. The van der Waals surface area contributed by atoms with E-state index in [9.17, 15) is 0 Å². The van der Waals surface area contributed by atoms with Gasteiger partial charge in [-0.25, -0.2) is 9.97 Å². The van der Waals surface area contributed by atoms with Gasteiger partial charge in [-0.1, -0.05) is 31.9 Å². The number of benzene rings is 1. The van der Waals surface area contributed by atoms with E-state index in [2.05, 4.69) is 55.8 Å². The summed E-state index contributed by atoms with van der Waals surface area (Å²) in [5.74, 6) is 0.756. The molecule has 2 heterocycles. The summed E-state index contributed by atoms with van der Waals surface area (Å²) in [5, 5.41) is 3.39. The standard InChI is InChI=1S/C20H25N5/c1-4-5-6-7-10-18-15-22-20-19(21-12-13-25(18)20)23-16-9-8-11-17(14-16)24(2)3/h7-15H,4-6H2,1-3H3,(H,21,23)/b10-7-. The molecule has 25 heavy (non-hydrogen) atoms. The van der Waals surface area contributed by atoms with E-state index in [-0.39, 0.29) is 0 Å². The zero-order valence-corrected chi connectivity index (χ0v) is 15.1. The minimum Gasteiger partial charge on any atom is -0.378 e. The van der Waals surface area contributed by atoms with Crippen molar-refractivity contribution in [3.8, 4) is 0 Å². The van der Waals surface area contributed by atoms with Crippen LogP contribution in [0, 0.1) is 0 Å². The van der Waals surface area contributed by atoms with E-state index in [0.29, 0.717) is 0 Å². The van der Waals surface area contributed by atoms with Gasteiger partial charge in [0.25, 0.3) is 0 Å². The van der Waals surface area contributed by atoms with Gasteiger partial charge in [0.05, 0.1) is 11.9 Å². The second kappa shape index (κ2) is 7.83. The Morgan fingerprint density at radius 3 is 2.92 bits per heavy atom. The summed E-state index contributed by atoms with van der Waals surface area (Å²) in [6.07, 6.45) is 13.5.